The Labute approximate surface area is 138 Å². The predicted octanol–water partition coefficient (Wildman–Crippen LogP) is 3.35. The fourth-order valence-electron chi connectivity index (χ4n) is 2.01. The average Bonchev–Trinajstić information content (AvgIpc) is 2.99. The Bertz CT molecular complexity index is 693. The van der Waals surface area contributed by atoms with E-state index in [9.17, 15) is 13.6 Å². The van der Waals surface area contributed by atoms with Crippen LogP contribution in [-0.4, -0.2) is 34.6 Å². The number of aromatic nitrogens is 3. The van der Waals surface area contributed by atoms with Gasteiger partial charge in [0.1, 0.15) is 5.69 Å². The highest BCUT2D eigenvalue weighted by molar-refractivity contribution is 5.93. The van der Waals surface area contributed by atoms with Gasteiger partial charge in [-0.15, -0.1) is 5.10 Å². The molecule has 2 aromatic rings. The van der Waals surface area contributed by atoms with Crippen LogP contribution in [0.3, 0.4) is 0 Å². The number of nitrogens with zero attached hydrogens (tertiary/aromatic N) is 2. The van der Waals surface area contributed by atoms with Crippen LogP contribution in [0.5, 0.6) is 5.75 Å². The van der Waals surface area contributed by atoms with Crippen LogP contribution in [0, 0.1) is 17.6 Å². The molecule has 0 spiro atoms. The van der Waals surface area contributed by atoms with Gasteiger partial charge in [0.15, 0.2) is 23.1 Å². The van der Waals surface area contributed by atoms with Gasteiger partial charge in [0.25, 0.3) is 0 Å². The largest absolute Gasteiger partial charge is 0.488 e. The molecular weight excluding hydrogens is 320 g/mol. The summed E-state index contributed by atoms with van der Waals surface area (Å²) < 4.78 is 38.4. The molecule has 1 aromatic carbocycles. The first-order valence-corrected chi connectivity index (χ1v) is 7.64. The molecule has 0 radical (unpaired) electrons. The molecule has 0 aliphatic carbocycles. The standard InChI is InChI=1S/C16H19F2N3O3/c1-4-23-16(22)14-13(19-21-20-14)10-7-11(17)15(12(18)8-10)24-6-5-9(2)3/h7-9H,4-6H2,1-3H3,(H,19,20,21). The predicted molar refractivity (Wildman–Crippen MR) is 82.6 cm³/mol. The molecule has 1 heterocycles. The molecule has 0 aliphatic rings. The van der Waals surface area contributed by atoms with E-state index in [4.69, 9.17) is 9.47 Å². The van der Waals surface area contributed by atoms with E-state index in [0.29, 0.717) is 12.3 Å². The number of esters is 1. The summed E-state index contributed by atoms with van der Waals surface area (Å²) >= 11 is 0. The van der Waals surface area contributed by atoms with Gasteiger partial charge in [-0.3, -0.25) is 0 Å². The summed E-state index contributed by atoms with van der Waals surface area (Å²) in [6.07, 6.45) is 0.678. The molecule has 0 bridgehead atoms. The second kappa shape index (κ2) is 7.85. The Morgan fingerprint density at radius 3 is 2.50 bits per heavy atom. The zero-order valence-corrected chi connectivity index (χ0v) is 13.7. The first-order valence-electron chi connectivity index (χ1n) is 7.64. The second-order valence-corrected chi connectivity index (χ2v) is 5.54. The number of rotatable bonds is 7. The Hall–Kier alpha value is -2.51. The number of ether oxygens (including phenoxy) is 2. The number of nitrogens with one attached hydrogen (secondary N) is 1. The first kappa shape index (κ1) is 17.8. The van der Waals surface area contributed by atoms with Crippen molar-refractivity contribution in [1.29, 1.82) is 0 Å². The summed E-state index contributed by atoms with van der Waals surface area (Å²) in [5, 5.41) is 9.71. The number of carbonyl (C=O) groups excluding carboxylic acids is 1. The van der Waals surface area contributed by atoms with Crippen LogP contribution in [0.2, 0.25) is 0 Å². The van der Waals surface area contributed by atoms with Crippen molar-refractivity contribution >= 4 is 5.97 Å². The van der Waals surface area contributed by atoms with Gasteiger partial charge in [-0.1, -0.05) is 13.8 Å². The summed E-state index contributed by atoms with van der Waals surface area (Å²) in [5.41, 5.74) is -0.0536. The van der Waals surface area contributed by atoms with Crippen molar-refractivity contribution in [2.45, 2.75) is 27.2 Å². The van der Waals surface area contributed by atoms with Crippen LogP contribution < -0.4 is 4.74 Å². The van der Waals surface area contributed by atoms with Gasteiger partial charge in [0.05, 0.1) is 13.2 Å². The third-order valence-electron chi connectivity index (χ3n) is 3.23. The van der Waals surface area contributed by atoms with Crippen LogP contribution in [-0.2, 0) is 4.74 Å². The van der Waals surface area contributed by atoms with E-state index >= 15 is 0 Å². The van der Waals surface area contributed by atoms with E-state index in [2.05, 4.69) is 15.4 Å². The molecule has 1 aromatic heterocycles. The molecule has 0 unspecified atom stereocenters. The fraction of sp³-hybridized carbons (Fsp3) is 0.438. The van der Waals surface area contributed by atoms with Gasteiger partial charge < -0.3 is 9.47 Å². The molecule has 130 valence electrons. The minimum absolute atomic E-state index is 0.0139. The SMILES string of the molecule is CCOC(=O)c1n[nH]nc1-c1cc(F)c(OCCC(C)C)c(F)c1. The van der Waals surface area contributed by atoms with Crippen molar-refractivity contribution in [2.75, 3.05) is 13.2 Å². The quantitative estimate of drug-likeness (QED) is 0.783. The monoisotopic (exact) mass is 339 g/mol. The number of benzene rings is 1. The van der Waals surface area contributed by atoms with Gasteiger partial charge in [-0.25, -0.2) is 13.6 Å². The van der Waals surface area contributed by atoms with Crippen LogP contribution in [0.4, 0.5) is 8.78 Å². The minimum atomic E-state index is -0.869. The van der Waals surface area contributed by atoms with Crippen LogP contribution in [0.1, 0.15) is 37.7 Å². The number of hydrogen-bond acceptors (Lipinski definition) is 5. The minimum Gasteiger partial charge on any atom is -0.488 e. The Morgan fingerprint density at radius 2 is 1.92 bits per heavy atom. The normalized spacial score (nSPS) is 10.9. The number of H-pyrrole nitrogens is 1. The summed E-state index contributed by atoms with van der Waals surface area (Å²) in [6, 6.07) is 2.10. The smallest absolute Gasteiger partial charge is 0.361 e. The van der Waals surface area contributed by atoms with Gasteiger partial charge in [-0.2, -0.15) is 10.3 Å². The number of aromatic amines is 1. The lowest BCUT2D eigenvalue weighted by Gasteiger charge is -2.11. The lowest BCUT2D eigenvalue weighted by atomic mass is 10.1. The Balaban J connectivity index is 2.28. The third kappa shape index (κ3) is 4.06. The van der Waals surface area contributed by atoms with Crippen molar-refractivity contribution in [1.82, 2.24) is 15.4 Å². The lowest BCUT2D eigenvalue weighted by Crippen LogP contribution is -2.07. The van der Waals surface area contributed by atoms with E-state index in [-0.39, 0.29) is 30.2 Å². The summed E-state index contributed by atoms with van der Waals surface area (Å²) in [5.74, 6) is -2.55. The molecule has 2 rings (SSSR count). The summed E-state index contributed by atoms with van der Waals surface area (Å²) in [6.45, 7) is 5.97. The molecule has 0 fully saturated rings. The molecule has 0 aliphatic heterocycles. The molecule has 1 N–H and O–H groups in total. The van der Waals surface area contributed by atoms with Crippen molar-refractivity contribution in [3.05, 3.63) is 29.5 Å². The van der Waals surface area contributed by atoms with Gasteiger partial charge in [0, 0.05) is 5.56 Å². The Morgan fingerprint density at radius 1 is 1.25 bits per heavy atom. The molecular formula is C16H19F2N3O3. The maximum absolute atomic E-state index is 14.2. The summed E-state index contributed by atoms with van der Waals surface area (Å²) in [4.78, 5) is 11.8. The fourth-order valence-corrected chi connectivity index (χ4v) is 2.01. The number of hydrogen-bond donors (Lipinski definition) is 1. The molecule has 0 atom stereocenters. The van der Waals surface area contributed by atoms with Gasteiger partial charge in [-0.05, 0) is 31.4 Å². The maximum Gasteiger partial charge on any atom is 0.361 e. The van der Waals surface area contributed by atoms with Crippen LogP contribution in [0.15, 0.2) is 12.1 Å². The molecule has 24 heavy (non-hydrogen) atoms. The molecule has 0 saturated carbocycles. The van der Waals surface area contributed by atoms with Crippen molar-refractivity contribution < 1.29 is 23.0 Å². The topological polar surface area (TPSA) is 77.1 Å². The van der Waals surface area contributed by atoms with Crippen LogP contribution in [0.25, 0.3) is 11.3 Å². The van der Waals surface area contributed by atoms with Crippen molar-refractivity contribution in [3.8, 4) is 17.0 Å². The van der Waals surface area contributed by atoms with Gasteiger partial charge in [0.2, 0.25) is 0 Å². The Kier molecular flexibility index (Phi) is 5.83. The highest BCUT2D eigenvalue weighted by atomic mass is 19.1. The zero-order chi connectivity index (χ0) is 17.7. The average molecular weight is 339 g/mol. The van der Waals surface area contributed by atoms with E-state index in [0.717, 1.165) is 12.1 Å². The van der Waals surface area contributed by atoms with Crippen molar-refractivity contribution in [2.24, 2.45) is 5.92 Å². The van der Waals surface area contributed by atoms with Gasteiger partial charge >= 0.3 is 5.97 Å². The number of halogens is 2. The highest BCUT2D eigenvalue weighted by Gasteiger charge is 2.22. The van der Waals surface area contributed by atoms with E-state index in [1.807, 2.05) is 13.8 Å². The molecule has 0 saturated heterocycles. The summed E-state index contributed by atoms with van der Waals surface area (Å²) in [7, 11) is 0. The first-order chi connectivity index (χ1) is 11.4. The maximum atomic E-state index is 14.2. The van der Waals surface area contributed by atoms with Crippen molar-refractivity contribution in [3.63, 3.8) is 0 Å². The lowest BCUT2D eigenvalue weighted by molar-refractivity contribution is 0.0520. The molecule has 0 amide bonds. The van der Waals surface area contributed by atoms with E-state index < -0.39 is 23.4 Å². The highest BCUT2D eigenvalue weighted by Crippen LogP contribution is 2.29. The molecule has 6 nitrogen and oxygen atoms in total. The number of carbonyl (C=O) groups is 1. The second-order valence-electron chi connectivity index (χ2n) is 5.54. The van der Waals surface area contributed by atoms with E-state index in [1.54, 1.807) is 6.92 Å². The van der Waals surface area contributed by atoms with Crippen LogP contribution >= 0.6 is 0 Å². The zero-order valence-electron chi connectivity index (χ0n) is 13.7. The molecule has 8 heteroatoms. The third-order valence-corrected chi connectivity index (χ3v) is 3.23. The van der Waals surface area contributed by atoms with E-state index in [1.165, 1.54) is 0 Å².